The van der Waals surface area contributed by atoms with Gasteiger partial charge in [-0.05, 0) is 24.6 Å². The number of amides is 1. The van der Waals surface area contributed by atoms with Crippen LogP contribution in [-0.4, -0.2) is 24.4 Å². The average molecular weight is 268 g/mol. The zero-order valence-electron chi connectivity index (χ0n) is 12.0. The summed E-state index contributed by atoms with van der Waals surface area (Å²) < 4.78 is 0. The molecule has 20 heavy (non-hydrogen) atoms. The molecule has 1 N–H and O–H groups in total. The molecule has 0 aromatic heterocycles. The fourth-order valence-corrected chi connectivity index (χ4v) is 1.93. The van der Waals surface area contributed by atoms with Crippen LogP contribution in [0.15, 0.2) is 54.6 Å². The van der Waals surface area contributed by atoms with Gasteiger partial charge in [-0.15, -0.1) is 0 Å². The number of anilines is 1. The summed E-state index contributed by atoms with van der Waals surface area (Å²) in [6, 6.07) is 18.0. The number of hydrogen-bond donors (Lipinski definition) is 1. The molecule has 0 atom stereocenters. The first-order chi connectivity index (χ1) is 9.65. The topological polar surface area (TPSA) is 32.3 Å². The molecule has 0 radical (unpaired) electrons. The molecule has 0 saturated heterocycles. The highest BCUT2D eigenvalue weighted by Crippen LogP contribution is 2.08. The molecule has 0 aliphatic carbocycles. The number of nitrogens with one attached hydrogen (secondary N) is 1. The number of benzene rings is 2. The lowest BCUT2D eigenvalue weighted by Gasteiger charge is -2.18. The van der Waals surface area contributed by atoms with Crippen LogP contribution in [0.25, 0.3) is 0 Å². The molecule has 2 rings (SSSR count). The quantitative estimate of drug-likeness (QED) is 0.904. The van der Waals surface area contributed by atoms with E-state index in [0.29, 0.717) is 13.1 Å². The number of likely N-dealkylation sites (N-methyl/N-ethyl adjacent to an activating group) is 1. The van der Waals surface area contributed by atoms with E-state index in [1.165, 1.54) is 5.56 Å². The number of carbonyl (C=O) groups excluding carboxylic acids is 1. The maximum Gasteiger partial charge on any atom is 0.241 e. The largest absolute Gasteiger partial charge is 0.376 e. The Hall–Kier alpha value is -2.29. The van der Waals surface area contributed by atoms with Crippen LogP contribution in [0.1, 0.15) is 11.1 Å². The highest BCUT2D eigenvalue weighted by molar-refractivity contribution is 5.80. The second-order valence-electron chi connectivity index (χ2n) is 4.95. The predicted octanol–water partition coefficient (Wildman–Crippen LogP) is 3.07. The van der Waals surface area contributed by atoms with Crippen molar-refractivity contribution in [1.29, 1.82) is 0 Å². The van der Waals surface area contributed by atoms with E-state index >= 15 is 0 Å². The second kappa shape index (κ2) is 6.75. The summed E-state index contributed by atoms with van der Waals surface area (Å²) in [6.45, 7) is 2.99. The van der Waals surface area contributed by atoms with Crippen LogP contribution in [-0.2, 0) is 11.3 Å². The lowest BCUT2D eigenvalue weighted by Crippen LogP contribution is -2.31. The molecular formula is C17H20N2O. The van der Waals surface area contributed by atoms with Crippen molar-refractivity contribution in [1.82, 2.24) is 4.90 Å². The first-order valence-electron chi connectivity index (χ1n) is 6.73. The molecule has 1 amide bonds. The van der Waals surface area contributed by atoms with Gasteiger partial charge in [0, 0.05) is 19.3 Å². The molecule has 3 heteroatoms. The SMILES string of the molecule is Cc1ccc(NCC(=O)N(C)Cc2ccccc2)cc1. The lowest BCUT2D eigenvalue weighted by atomic mass is 10.2. The Morgan fingerprint density at radius 3 is 2.35 bits per heavy atom. The first kappa shape index (κ1) is 14.1. The fraction of sp³-hybridized carbons (Fsp3) is 0.235. The van der Waals surface area contributed by atoms with Crippen LogP contribution in [0, 0.1) is 6.92 Å². The molecule has 0 heterocycles. The van der Waals surface area contributed by atoms with Crippen molar-refractivity contribution >= 4 is 11.6 Å². The highest BCUT2D eigenvalue weighted by Gasteiger charge is 2.08. The monoisotopic (exact) mass is 268 g/mol. The van der Waals surface area contributed by atoms with Gasteiger partial charge in [-0.1, -0.05) is 48.0 Å². The molecule has 0 spiro atoms. The summed E-state index contributed by atoms with van der Waals surface area (Å²) in [5.41, 5.74) is 3.32. The third kappa shape index (κ3) is 4.12. The van der Waals surface area contributed by atoms with Gasteiger partial charge in [0.2, 0.25) is 5.91 Å². The molecule has 0 saturated carbocycles. The van der Waals surface area contributed by atoms with Gasteiger partial charge in [-0.25, -0.2) is 0 Å². The van der Waals surface area contributed by atoms with Gasteiger partial charge in [-0.3, -0.25) is 4.79 Å². The third-order valence-electron chi connectivity index (χ3n) is 3.18. The van der Waals surface area contributed by atoms with Gasteiger partial charge in [-0.2, -0.15) is 0 Å². The van der Waals surface area contributed by atoms with Gasteiger partial charge in [0.25, 0.3) is 0 Å². The predicted molar refractivity (Wildman–Crippen MR) is 82.6 cm³/mol. The third-order valence-corrected chi connectivity index (χ3v) is 3.18. The van der Waals surface area contributed by atoms with E-state index in [2.05, 4.69) is 5.32 Å². The highest BCUT2D eigenvalue weighted by atomic mass is 16.2. The minimum absolute atomic E-state index is 0.0782. The van der Waals surface area contributed by atoms with Crippen molar-refractivity contribution in [2.75, 3.05) is 18.9 Å². The van der Waals surface area contributed by atoms with E-state index in [1.54, 1.807) is 4.90 Å². The molecule has 0 aliphatic heterocycles. The maximum absolute atomic E-state index is 12.1. The van der Waals surface area contributed by atoms with Gasteiger partial charge in [0.15, 0.2) is 0 Å². The normalized spacial score (nSPS) is 10.1. The minimum atomic E-state index is 0.0782. The number of hydrogen-bond acceptors (Lipinski definition) is 2. The van der Waals surface area contributed by atoms with E-state index < -0.39 is 0 Å². The zero-order chi connectivity index (χ0) is 14.4. The molecule has 0 unspecified atom stereocenters. The summed E-state index contributed by atoms with van der Waals surface area (Å²) in [7, 11) is 1.83. The van der Waals surface area contributed by atoms with Crippen LogP contribution >= 0.6 is 0 Å². The Balaban J connectivity index is 1.83. The van der Waals surface area contributed by atoms with E-state index in [1.807, 2.05) is 68.6 Å². The Labute approximate surface area is 120 Å². The zero-order valence-corrected chi connectivity index (χ0v) is 12.0. The second-order valence-corrected chi connectivity index (χ2v) is 4.95. The van der Waals surface area contributed by atoms with E-state index in [-0.39, 0.29) is 5.91 Å². The van der Waals surface area contributed by atoms with E-state index in [0.717, 1.165) is 11.3 Å². The molecule has 2 aromatic rings. The van der Waals surface area contributed by atoms with Gasteiger partial charge in [0.05, 0.1) is 6.54 Å². The first-order valence-corrected chi connectivity index (χ1v) is 6.73. The Bertz CT molecular complexity index is 549. The molecular weight excluding hydrogens is 248 g/mol. The van der Waals surface area contributed by atoms with Crippen LogP contribution in [0.2, 0.25) is 0 Å². The summed E-state index contributed by atoms with van der Waals surface area (Å²) >= 11 is 0. The van der Waals surface area contributed by atoms with Crippen LogP contribution in [0.5, 0.6) is 0 Å². The summed E-state index contributed by atoms with van der Waals surface area (Å²) in [5, 5.41) is 3.15. The number of carbonyl (C=O) groups is 1. The van der Waals surface area contributed by atoms with Gasteiger partial charge >= 0.3 is 0 Å². The standard InChI is InChI=1S/C17H20N2O/c1-14-8-10-16(11-9-14)18-12-17(20)19(2)13-15-6-4-3-5-7-15/h3-11,18H,12-13H2,1-2H3. The number of nitrogens with zero attached hydrogens (tertiary/aromatic N) is 1. The van der Waals surface area contributed by atoms with Crippen molar-refractivity contribution in [3.05, 3.63) is 65.7 Å². The summed E-state index contributed by atoms with van der Waals surface area (Å²) in [4.78, 5) is 13.8. The molecule has 104 valence electrons. The van der Waals surface area contributed by atoms with Crippen molar-refractivity contribution in [3.63, 3.8) is 0 Å². The summed E-state index contributed by atoms with van der Waals surface area (Å²) in [6.07, 6.45) is 0. The molecule has 0 aliphatic rings. The number of rotatable bonds is 5. The maximum atomic E-state index is 12.1. The van der Waals surface area contributed by atoms with E-state index in [4.69, 9.17) is 0 Å². The lowest BCUT2D eigenvalue weighted by molar-refractivity contribution is -0.128. The molecule has 2 aromatic carbocycles. The number of aryl methyl sites for hydroxylation is 1. The van der Waals surface area contributed by atoms with Crippen LogP contribution in [0.4, 0.5) is 5.69 Å². The molecule has 0 fully saturated rings. The van der Waals surface area contributed by atoms with Gasteiger partial charge in [0.1, 0.15) is 0 Å². The smallest absolute Gasteiger partial charge is 0.241 e. The Morgan fingerprint density at radius 1 is 1.05 bits per heavy atom. The van der Waals surface area contributed by atoms with Crippen molar-refractivity contribution < 1.29 is 4.79 Å². The summed E-state index contributed by atoms with van der Waals surface area (Å²) in [5.74, 6) is 0.0782. The van der Waals surface area contributed by atoms with Crippen LogP contribution < -0.4 is 5.32 Å². The Kier molecular flexibility index (Phi) is 4.77. The molecule has 3 nitrogen and oxygen atoms in total. The van der Waals surface area contributed by atoms with Crippen molar-refractivity contribution in [2.45, 2.75) is 13.5 Å². The van der Waals surface area contributed by atoms with Crippen LogP contribution in [0.3, 0.4) is 0 Å². The fourth-order valence-electron chi connectivity index (χ4n) is 1.93. The van der Waals surface area contributed by atoms with Crippen molar-refractivity contribution in [2.24, 2.45) is 0 Å². The Morgan fingerprint density at radius 2 is 1.70 bits per heavy atom. The average Bonchev–Trinajstić information content (AvgIpc) is 2.47. The van der Waals surface area contributed by atoms with Gasteiger partial charge < -0.3 is 10.2 Å². The molecule has 0 bridgehead atoms. The van der Waals surface area contributed by atoms with E-state index in [9.17, 15) is 4.79 Å². The minimum Gasteiger partial charge on any atom is -0.376 e. The van der Waals surface area contributed by atoms with Crippen molar-refractivity contribution in [3.8, 4) is 0 Å².